The lowest BCUT2D eigenvalue weighted by Gasteiger charge is -2.31. The van der Waals surface area contributed by atoms with Gasteiger partial charge in [0.05, 0.1) is 6.54 Å². The lowest BCUT2D eigenvalue weighted by atomic mass is 10.2. The van der Waals surface area contributed by atoms with Gasteiger partial charge in [-0.05, 0) is 31.2 Å². The van der Waals surface area contributed by atoms with Gasteiger partial charge in [0.15, 0.2) is 0 Å². The zero-order valence-electron chi connectivity index (χ0n) is 10.9. The van der Waals surface area contributed by atoms with E-state index in [0.717, 1.165) is 19.6 Å². The van der Waals surface area contributed by atoms with Crippen molar-refractivity contribution in [2.75, 3.05) is 31.5 Å². The van der Waals surface area contributed by atoms with Crippen LogP contribution in [0.4, 0.5) is 10.1 Å². The van der Waals surface area contributed by atoms with Gasteiger partial charge in [0, 0.05) is 31.4 Å². The Morgan fingerprint density at radius 1 is 1.47 bits per heavy atom. The Morgan fingerprint density at radius 3 is 2.79 bits per heavy atom. The Hall–Kier alpha value is -1.17. The van der Waals surface area contributed by atoms with Crippen molar-refractivity contribution in [3.05, 3.63) is 30.1 Å². The van der Waals surface area contributed by atoms with Crippen molar-refractivity contribution < 1.29 is 9.18 Å². The van der Waals surface area contributed by atoms with E-state index in [0.29, 0.717) is 18.3 Å². The maximum Gasteiger partial charge on any atom is 0.238 e. The molecule has 0 bridgehead atoms. The first kappa shape index (κ1) is 15.9. The number of nitrogens with zero attached hydrogens (tertiary/aromatic N) is 1. The molecule has 0 saturated carbocycles. The molecule has 1 saturated heterocycles. The number of halogens is 2. The molecule has 1 aliphatic rings. The van der Waals surface area contributed by atoms with Crippen LogP contribution in [-0.4, -0.2) is 43.0 Å². The first-order valence-corrected chi connectivity index (χ1v) is 6.14. The topological polar surface area (TPSA) is 44.4 Å². The number of rotatable bonds is 3. The largest absolute Gasteiger partial charge is 0.325 e. The molecular weight excluding hydrogens is 269 g/mol. The van der Waals surface area contributed by atoms with Crippen LogP contribution in [0.1, 0.15) is 6.92 Å². The Balaban J connectivity index is 0.00000180. The van der Waals surface area contributed by atoms with Gasteiger partial charge in [-0.3, -0.25) is 9.69 Å². The summed E-state index contributed by atoms with van der Waals surface area (Å²) in [4.78, 5) is 13.9. The summed E-state index contributed by atoms with van der Waals surface area (Å²) < 4.78 is 12.7. The molecule has 1 fully saturated rings. The summed E-state index contributed by atoms with van der Waals surface area (Å²) in [6.07, 6.45) is 0. The molecule has 19 heavy (non-hydrogen) atoms. The first-order chi connectivity index (χ1) is 8.63. The molecule has 0 aromatic heterocycles. The summed E-state index contributed by atoms with van der Waals surface area (Å²) in [5.74, 6) is -0.361. The van der Waals surface area contributed by atoms with Gasteiger partial charge in [-0.1, -0.05) is 0 Å². The predicted molar refractivity (Wildman–Crippen MR) is 76.2 cm³/mol. The van der Waals surface area contributed by atoms with Gasteiger partial charge in [0.1, 0.15) is 5.82 Å². The fourth-order valence-corrected chi connectivity index (χ4v) is 2.09. The van der Waals surface area contributed by atoms with Gasteiger partial charge in [0.25, 0.3) is 0 Å². The summed E-state index contributed by atoms with van der Waals surface area (Å²) in [5.41, 5.74) is 0.629. The highest BCUT2D eigenvalue weighted by Crippen LogP contribution is 2.08. The van der Waals surface area contributed by atoms with Crippen molar-refractivity contribution in [3.63, 3.8) is 0 Å². The van der Waals surface area contributed by atoms with Gasteiger partial charge in [-0.2, -0.15) is 0 Å². The number of benzene rings is 1. The van der Waals surface area contributed by atoms with Crippen molar-refractivity contribution in [3.8, 4) is 0 Å². The molecule has 0 spiro atoms. The number of carbonyl (C=O) groups excluding carboxylic acids is 1. The summed E-state index contributed by atoms with van der Waals surface area (Å²) in [6.45, 7) is 5.14. The van der Waals surface area contributed by atoms with Gasteiger partial charge >= 0.3 is 0 Å². The second-order valence-electron chi connectivity index (χ2n) is 4.65. The van der Waals surface area contributed by atoms with Crippen LogP contribution in [0, 0.1) is 5.82 Å². The minimum Gasteiger partial charge on any atom is -0.325 e. The molecule has 2 rings (SSSR count). The number of carbonyl (C=O) groups is 1. The van der Waals surface area contributed by atoms with Crippen LogP contribution in [0.2, 0.25) is 0 Å². The molecule has 1 aromatic rings. The molecule has 1 amide bonds. The SMILES string of the molecule is CC1CN(CC(=O)Nc2ccc(F)cc2)CCN1.Cl. The molecule has 0 aliphatic carbocycles. The van der Waals surface area contributed by atoms with Crippen LogP contribution in [-0.2, 0) is 4.79 Å². The maximum atomic E-state index is 12.7. The molecule has 1 aromatic carbocycles. The molecule has 6 heteroatoms. The van der Waals surface area contributed by atoms with Crippen LogP contribution < -0.4 is 10.6 Å². The third-order valence-electron chi connectivity index (χ3n) is 2.95. The van der Waals surface area contributed by atoms with E-state index in [1.807, 2.05) is 0 Å². The smallest absolute Gasteiger partial charge is 0.238 e. The minimum absolute atomic E-state index is 0. The van der Waals surface area contributed by atoms with Crippen molar-refractivity contribution in [1.29, 1.82) is 0 Å². The van der Waals surface area contributed by atoms with Crippen LogP contribution in [0.25, 0.3) is 0 Å². The van der Waals surface area contributed by atoms with E-state index >= 15 is 0 Å². The van der Waals surface area contributed by atoms with E-state index in [1.54, 1.807) is 12.1 Å². The molecule has 2 N–H and O–H groups in total. The van der Waals surface area contributed by atoms with E-state index in [2.05, 4.69) is 22.5 Å². The maximum absolute atomic E-state index is 12.7. The van der Waals surface area contributed by atoms with Crippen molar-refractivity contribution in [2.45, 2.75) is 13.0 Å². The summed E-state index contributed by atoms with van der Waals surface area (Å²) in [5, 5.41) is 6.09. The highest BCUT2D eigenvalue weighted by Gasteiger charge is 2.17. The number of anilines is 1. The third-order valence-corrected chi connectivity index (χ3v) is 2.95. The molecule has 4 nitrogen and oxygen atoms in total. The normalized spacial score (nSPS) is 19.6. The Kier molecular flexibility index (Phi) is 6.21. The van der Waals surface area contributed by atoms with E-state index in [-0.39, 0.29) is 24.1 Å². The molecule has 1 unspecified atom stereocenters. The summed E-state index contributed by atoms with van der Waals surface area (Å²) >= 11 is 0. The number of piperazine rings is 1. The van der Waals surface area contributed by atoms with E-state index in [4.69, 9.17) is 0 Å². The molecule has 1 heterocycles. The Bertz CT molecular complexity index is 413. The van der Waals surface area contributed by atoms with Gasteiger partial charge < -0.3 is 10.6 Å². The number of hydrogen-bond acceptors (Lipinski definition) is 3. The molecule has 1 aliphatic heterocycles. The van der Waals surface area contributed by atoms with Crippen molar-refractivity contribution >= 4 is 24.0 Å². The average molecular weight is 288 g/mol. The van der Waals surface area contributed by atoms with Crippen molar-refractivity contribution in [2.24, 2.45) is 0 Å². The molecule has 0 radical (unpaired) electrons. The highest BCUT2D eigenvalue weighted by molar-refractivity contribution is 5.92. The quantitative estimate of drug-likeness (QED) is 0.885. The van der Waals surface area contributed by atoms with Gasteiger partial charge in [-0.25, -0.2) is 4.39 Å². The van der Waals surface area contributed by atoms with Crippen LogP contribution in [0.3, 0.4) is 0 Å². The molecule has 1 atom stereocenters. The summed E-state index contributed by atoms with van der Waals surface area (Å²) in [7, 11) is 0. The van der Waals surface area contributed by atoms with Gasteiger partial charge in [-0.15, -0.1) is 12.4 Å². The van der Waals surface area contributed by atoms with Crippen LogP contribution >= 0.6 is 12.4 Å². The van der Waals surface area contributed by atoms with Gasteiger partial charge in [0.2, 0.25) is 5.91 Å². The van der Waals surface area contributed by atoms with E-state index in [9.17, 15) is 9.18 Å². The van der Waals surface area contributed by atoms with Crippen LogP contribution in [0.5, 0.6) is 0 Å². The summed E-state index contributed by atoms with van der Waals surface area (Å²) in [6, 6.07) is 6.21. The minimum atomic E-state index is -0.302. The number of amides is 1. The zero-order chi connectivity index (χ0) is 13.0. The second-order valence-corrected chi connectivity index (χ2v) is 4.65. The van der Waals surface area contributed by atoms with Crippen LogP contribution in [0.15, 0.2) is 24.3 Å². The fraction of sp³-hybridized carbons (Fsp3) is 0.462. The predicted octanol–water partition coefficient (Wildman–Crippen LogP) is 1.48. The fourth-order valence-electron chi connectivity index (χ4n) is 2.09. The first-order valence-electron chi connectivity index (χ1n) is 6.14. The molecule has 106 valence electrons. The zero-order valence-corrected chi connectivity index (χ0v) is 11.7. The lowest BCUT2D eigenvalue weighted by Crippen LogP contribution is -2.51. The number of nitrogens with one attached hydrogen (secondary N) is 2. The Morgan fingerprint density at radius 2 is 2.16 bits per heavy atom. The average Bonchev–Trinajstić information content (AvgIpc) is 2.32. The standard InChI is InChI=1S/C13H18FN3O.ClH/c1-10-8-17(7-6-15-10)9-13(18)16-12-4-2-11(14)3-5-12;/h2-5,10,15H,6-9H2,1H3,(H,16,18);1H. The van der Waals surface area contributed by atoms with Crippen molar-refractivity contribution in [1.82, 2.24) is 10.2 Å². The highest BCUT2D eigenvalue weighted by atomic mass is 35.5. The van der Waals surface area contributed by atoms with E-state index < -0.39 is 0 Å². The monoisotopic (exact) mass is 287 g/mol. The number of hydrogen-bond donors (Lipinski definition) is 2. The second kappa shape index (κ2) is 7.43. The van der Waals surface area contributed by atoms with E-state index in [1.165, 1.54) is 12.1 Å². The third kappa shape index (κ3) is 5.14. The lowest BCUT2D eigenvalue weighted by molar-refractivity contribution is -0.117. The Labute approximate surface area is 118 Å². The molecular formula is C13H19ClFN3O.